The minimum atomic E-state index is -4.40. The van der Waals surface area contributed by atoms with Crippen molar-refractivity contribution in [1.29, 1.82) is 0 Å². The lowest BCUT2D eigenvalue weighted by atomic mass is 10.0. The largest absolute Gasteiger partial charge is 0.472 e. The van der Waals surface area contributed by atoms with E-state index < -0.39 is 38.6 Å². The smallest absolute Gasteiger partial charge is 0.393 e. The molecule has 0 saturated carbocycles. The third-order valence-electron chi connectivity index (χ3n) is 8.94. The van der Waals surface area contributed by atoms with Gasteiger partial charge < -0.3 is 26.2 Å². The molecule has 0 radical (unpaired) electrons. The molecule has 0 saturated heterocycles. The van der Waals surface area contributed by atoms with Crippen molar-refractivity contribution in [3.8, 4) is 0 Å². The second kappa shape index (κ2) is 37.7. The molecular formula is C42H79N2O7P. The van der Waals surface area contributed by atoms with Crippen LogP contribution in [0.1, 0.15) is 174 Å². The van der Waals surface area contributed by atoms with Crippen LogP contribution in [0.5, 0.6) is 0 Å². The number of nitrogens with two attached hydrogens (primary N) is 1. The van der Waals surface area contributed by atoms with Gasteiger partial charge in [-0.05, 0) is 57.8 Å². The van der Waals surface area contributed by atoms with Crippen molar-refractivity contribution in [3.63, 3.8) is 0 Å². The van der Waals surface area contributed by atoms with Gasteiger partial charge in [0.2, 0.25) is 5.91 Å². The van der Waals surface area contributed by atoms with E-state index in [1.165, 1.54) is 96.3 Å². The van der Waals surface area contributed by atoms with Crippen LogP contribution in [0.15, 0.2) is 48.6 Å². The van der Waals surface area contributed by atoms with Gasteiger partial charge in [-0.2, -0.15) is 0 Å². The van der Waals surface area contributed by atoms with Crippen molar-refractivity contribution in [2.24, 2.45) is 5.73 Å². The Morgan fingerprint density at radius 2 is 1.21 bits per heavy atom. The molecule has 9 nitrogen and oxygen atoms in total. The summed E-state index contributed by atoms with van der Waals surface area (Å²) in [4.78, 5) is 22.7. The molecule has 0 aromatic heterocycles. The summed E-state index contributed by atoms with van der Waals surface area (Å²) in [5.74, 6) is -0.460. The predicted molar refractivity (Wildman–Crippen MR) is 218 cm³/mol. The second-order valence-electron chi connectivity index (χ2n) is 14.0. The molecule has 1 amide bonds. The summed E-state index contributed by atoms with van der Waals surface area (Å²) in [6.07, 6.45) is 42.1. The maximum Gasteiger partial charge on any atom is 0.472 e. The minimum absolute atomic E-state index is 0.0432. The number of hydrogen-bond acceptors (Lipinski definition) is 7. The molecule has 0 spiro atoms. The first kappa shape index (κ1) is 50.4. The Morgan fingerprint density at radius 1 is 0.692 bits per heavy atom. The van der Waals surface area contributed by atoms with E-state index in [1.54, 1.807) is 6.08 Å². The minimum Gasteiger partial charge on any atom is -0.393 e. The van der Waals surface area contributed by atoms with Gasteiger partial charge >= 0.3 is 7.82 Å². The average molecular weight is 755 g/mol. The topological polar surface area (TPSA) is 151 Å². The lowest BCUT2D eigenvalue weighted by Crippen LogP contribution is -2.46. The molecule has 0 bridgehead atoms. The van der Waals surface area contributed by atoms with Gasteiger partial charge in [0.1, 0.15) is 0 Å². The maximum atomic E-state index is 12.8. The summed E-state index contributed by atoms with van der Waals surface area (Å²) in [5, 5.41) is 24.0. The number of carbonyl (C=O) groups excluding carboxylic acids is 1. The zero-order valence-electron chi connectivity index (χ0n) is 33.1. The van der Waals surface area contributed by atoms with Gasteiger partial charge in [0.25, 0.3) is 0 Å². The number of phosphoric acid groups is 1. The predicted octanol–water partition coefficient (Wildman–Crippen LogP) is 10.3. The number of phosphoric ester groups is 1. The highest BCUT2D eigenvalue weighted by Crippen LogP contribution is 2.43. The third-order valence-corrected chi connectivity index (χ3v) is 9.93. The van der Waals surface area contributed by atoms with Crippen LogP contribution in [0.4, 0.5) is 0 Å². The monoisotopic (exact) mass is 755 g/mol. The number of amides is 1. The van der Waals surface area contributed by atoms with Crippen LogP contribution in [-0.4, -0.2) is 59.0 Å². The highest BCUT2D eigenvalue weighted by Gasteiger charge is 2.27. The van der Waals surface area contributed by atoms with E-state index in [4.69, 9.17) is 14.8 Å². The number of aliphatic hydroxyl groups excluding tert-OH is 2. The number of carbonyl (C=O) groups is 1. The highest BCUT2D eigenvalue weighted by atomic mass is 31.2. The van der Waals surface area contributed by atoms with Crippen molar-refractivity contribution >= 4 is 13.7 Å². The number of nitrogens with one attached hydrogen (secondary N) is 1. The number of aliphatic hydroxyl groups is 2. The number of allylic oxidation sites excluding steroid dienone is 7. The first-order valence-electron chi connectivity index (χ1n) is 20.8. The van der Waals surface area contributed by atoms with Crippen molar-refractivity contribution in [2.45, 2.75) is 193 Å². The molecule has 304 valence electrons. The Morgan fingerprint density at radius 3 is 1.81 bits per heavy atom. The van der Waals surface area contributed by atoms with Gasteiger partial charge in [-0.25, -0.2) is 4.57 Å². The van der Waals surface area contributed by atoms with E-state index in [0.29, 0.717) is 12.8 Å². The van der Waals surface area contributed by atoms with Crippen LogP contribution >= 0.6 is 7.82 Å². The summed E-state index contributed by atoms with van der Waals surface area (Å²) in [7, 11) is -4.40. The van der Waals surface area contributed by atoms with Crippen molar-refractivity contribution in [1.82, 2.24) is 5.32 Å². The van der Waals surface area contributed by atoms with Gasteiger partial charge in [0, 0.05) is 6.54 Å². The lowest BCUT2D eigenvalue weighted by molar-refractivity contribution is -0.124. The zero-order chi connectivity index (χ0) is 38.4. The molecule has 0 aliphatic heterocycles. The maximum absolute atomic E-state index is 12.8. The molecule has 0 aromatic rings. The molecule has 0 fully saturated rings. The van der Waals surface area contributed by atoms with E-state index in [2.05, 4.69) is 55.6 Å². The summed E-state index contributed by atoms with van der Waals surface area (Å²) in [6, 6.07) is -0.998. The average Bonchev–Trinajstić information content (AvgIpc) is 3.12. The summed E-state index contributed by atoms with van der Waals surface area (Å²) in [6.45, 7) is 3.81. The fraction of sp³-hybridized carbons (Fsp3) is 0.786. The van der Waals surface area contributed by atoms with Crippen molar-refractivity contribution < 1.29 is 33.5 Å². The van der Waals surface area contributed by atoms with Crippen molar-refractivity contribution in [2.75, 3.05) is 19.8 Å². The van der Waals surface area contributed by atoms with Crippen LogP contribution in [0.3, 0.4) is 0 Å². The first-order valence-corrected chi connectivity index (χ1v) is 22.3. The molecular weight excluding hydrogens is 675 g/mol. The quantitative estimate of drug-likeness (QED) is 0.0237. The number of hydrogen-bond donors (Lipinski definition) is 5. The van der Waals surface area contributed by atoms with E-state index in [-0.39, 0.29) is 19.6 Å². The number of unbranched alkanes of at least 4 members (excludes halogenated alkanes) is 18. The molecule has 0 aromatic carbocycles. The van der Waals surface area contributed by atoms with Gasteiger partial charge in [-0.3, -0.25) is 13.8 Å². The van der Waals surface area contributed by atoms with E-state index >= 15 is 0 Å². The lowest BCUT2D eigenvalue weighted by Gasteiger charge is -2.24. The SMILES string of the molecule is CC/C=C\C/C=C\CCCCCCCCCCCCCCC(O)CC(=O)NC(COP(=O)(O)OCCN)C(O)/C=C/CC/C=C/CCCCCCC. The van der Waals surface area contributed by atoms with E-state index in [9.17, 15) is 24.5 Å². The molecule has 4 unspecified atom stereocenters. The molecule has 0 aliphatic rings. The van der Waals surface area contributed by atoms with Crippen LogP contribution in [0, 0.1) is 0 Å². The Kier molecular flexibility index (Phi) is 36.6. The van der Waals surface area contributed by atoms with E-state index in [1.807, 2.05) is 6.08 Å². The fourth-order valence-corrected chi connectivity index (χ4v) is 6.58. The van der Waals surface area contributed by atoms with Crippen LogP contribution in [-0.2, 0) is 18.4 Å². The molecule has 10 heteroatoms. The summed E-state index contributed by atoms with van der Waals surface area (Å²) >= 11 is 0. The Hall–Kier alpha value is -1.58. The second-order valence-corrected chi connectivity index (χ2v) is 15.4. The summed E-state index contributed by atoms with van der Waals surface area (Å²) < 4.78 is 22.0. The molecule has 0 rings (SSSR count). The van der Waals surface area contributed by atoms with Crippen LogP contribution < -0.4 is 11.1 Å². The van der Waals surface area contributed by atoms with Gasteiger partial charge in [0.15, 0.2) is 0 Å². The Bertz CT molecular complexity index is 972. The van der Waals surface area contributed by atoms with Crippen LogP contribution in [0.2, 0.25) is 0 Å². The van der Waals surface area contributed by atoms with Crippen molar-refractivity contribution in [3.05, 3.63) is 48.6 Å². The Labute approximate surface area is 318 Å². The molecule has 0 aliphatic carbocycles. The van der Waals surface area contributed by atoms with Gasteiger partial charge in [0.05, 0.1) is 37.9 Å². The normalized spacial score (nSPS) is 15.3. The highest BCUT2D eigenvalue weighted by molar-refractivity contribution is 7.47. The Balaban J connectivity index is 4.28. The molecule has 6 N–H and O–H groups in total. The first-order chi connectivity index (χ1) is 25.3. The van der Waals surface area contributed by atoms with Gasteiger partial charge in [-0.15, -0.1) is 0 Å². The third kappa shape index (κ3) is 35.4. The molecule has 4 atom stereocenters. The molecule has 52 heavy (non-hydrogen) atoms. The standard InChI is InChI=1S/C42H79N2O7P/c1-3-5-7-9-11-13-15-16-17-18-19-20-21-22-24-25-27-29-31-33-39(45)37-42(47)44-40(38-51-52(48,49)50-36-35-43)41(46)34-32-30-28-26-23-14-12-10-8-6-4-2/h5,7,11,13,23,26,32,34,39-41,45-46H,3-4,6,8-10,12,14-22,24-25,27-31,33,35-38,43H2,1-2H3,(H,44,47)(H,48,49)/b7-5-,13-11-,26-23+,34-32+. The van der Waals surface area contributed by atoms with E-state index in [0.717, 1.165) is 44.9 Å². The van der Waals surface area contributed by atoms with Crippen LogP contribution in [0.25, 0.3) is 0 Å². The zero-order valence-corrected chi connectivity index (χ0v) is 34.0. The van der Waals surface area contributed by atoms with Gasteiger partial charge in [-0.1, -0.05) is 159 Å². The molecule has 0 heterocycles. The fourth-order valence-electron chi connectivity index (χ4n) is 5.82. The summed E-state index contributed by atoms with van der Waals surface area (Å²) in [5.41, 5.74) is 5.35. The number of rotatable bonds is 38.